The lowest BCUT2D eigenvalue weighted by Gasteiger charge is -2.10. The fourth-order valence-corrected chi connectivity index (χ4v) is 2.66. The van der Waals surface area contributed by atoms with E-state index < -0.39 is 0 Å². The Hall–Kier alpha value is -2.09. The molecule has 0 fully saturated rings. The topological polar surface area (TPSA) is 89.1 Å². The van der Waals surface area contributed by atoms with Crippen molar-refractivity contribution >= 4 is 28.2 Å². The van der Waals surface area contributed by atoms with E-state index in [4.69, 9.17) is 5.73 Å². The molecule has 0 aliphatic rings. The first kappa shape index (κ1) is 15.3. The fraction of sp³-hybridized carbons (Fsp3) is 0.462. The average molecular weight is 308 g/mol. The lowest BCUT2D eigenvalue weighted by molar-refractivity contribution is 0.0957. The monoisotopic (exact) mass is 308 g/mol. The van der Waals surface area contributed by atoms with Crippen molar-refractivity contribution in [2.24, 2.45) is 0 Å². The number of nitrogen functional groups attached to an aromatic ring is 1. The Morgan fingerprint density at radius 3 is 3.05 bits per heavy atom. The summed E-state index contributed by atoms with van der Waals surface area (Å²) in [5.74, 6) is 0.126. The Kier molecular flexibility index (Phi) is 5.15. The molecule has 0 saturated heterocycles. The predicted octanol–water partition coefficient (Wildman–Crippen LogP) is 1.20. The number of hydrogen-bond donors (Lipinski definition) is 2. The van der Waals surface area contributed by atoms with Crippen LogP contribution in [-0.4, -0.2) is 40.8 Å². The van der Waals surface area contributed by atoms with Crippen molar-refractivity contribution in [2.75, 3.05) is 30.8 Å². The third kappa shape index (κ3) is 3.94. The summed E-state index contributed by atoms with van der Waals surface area (Å²) in [6.07, 6.45) is 4.45. The van der Waals surface area contributed by atoms with E-state index in [0.717, 1.165) is 24.6 Å². The van der Waals surface area contributed by atoms with E-state index in [2.05, 4.69) is 15.4 Å². The van der Waals surface area contributed by atoms with Crippen LogP contribution in [0.3, 0.4) is 0 Å². The van der Waals surface area contributed by atoms with Gasteiger partial charge in [-0.1, -0.05) is 11.3 Å². The maximum Gasteiger partial charge on any atom is 0.265 e. The van der Waals surface area contributed by atoms with Crippen molar-refractivity contribution < 1.29 is 4.79 Å². The number of nitrogens with two attached hydrogens (primary N) is 1. The van der Waals surface area contributed by atoms with Crippen LogP contribution in [0.2, 0.25) is 0 Å². The largest absolute Gasteiger partial charge is 0.382 e. The summed E-state index contributed by atoms with van der Waals surface area (Å²) in [7, 11) is 1.92. The number of aryl methyl sites for hydroxylation is 1. The average Bonchev–Trinajstić information content (AvgIpc) is 3.12. The lowest BCUT2D eigenvalue weighted by Crippen LogP contribution is -2.25. The smallest absolute Gasteiger partial charge is 0.265 e. The molecular weight excluding hydrogens is 288 g/mol. The molecule has 0 unspecified atom stereocenters. The quantitative estimate of drug-likeness (QED) is 0.750. The van der Waals surface area contributed by atoms with Gasteiger partial charge >= 0.3 is 0 Å². The van der Waals surface area contributed by atoms with Crippen molar-refractivity contribution in [3.8, 4) is 0 Å². The normalized spacial score (nSPS) is 10.6. The highest BCUT2D eigenvalue weighted by Crippen LogP contribution is 2.27. The van der Waals surface area contributed by atoms with Crippen molar-refractivity contribution in [1.29, 1.82) is 0 Å². The van der Waals surface area contributed by atoms with E-state index in [1.807, 2.05) is 35.8 Å². The third-order valence-electron chi connectivity index (χ3n) is 3.06. The number of thiazole rings is 1. The van der Waals surface area contributed by atoms with Gasteiger partial charge in [-0.15, -0.1) is 0 Å². The van der Waals surface area contributed by atoms with Crippen molar-refractivity contribution in [3.05, 3.63) is 23.3 Å². The molecule has 1 amide bonds. The minimum Gasteiger partial charge on any atom is -0.382 e. The molecule has 2 rings (SSSR count). The van der Waals surface area contributed by atoms with Crippen LogP contribution in [0.25, 0.3) is 0 Å². The van der Waals surface area contributed by atoms with E-state index in [-0.39, 0.29) is 5.91 Å². The van der Waals surface area contributed by atoms with Gasteiger partial charge < -0.3 is 16.0 Å². The van der Waals surface area contributed by atoms with Gasteiger partial charge in [0.1, 0.15) is 10.7 Å². The van der Waals surface area contributed by atoms with Gasteiger partial charge in [-0.25, -0.2) is 4.98 Å². The first-order chi connectivity index (χ1) is 10.1. The van der Waals surface area contributed by atoms with E-state index in [0.29, 0.717) is 17.2 Å². The zero-order chi connectivity index (χ0) is 15.2. The molecule has 2 aromatic heterocycles. The number of hydrogen-bond acceptors (Lipinski definition) is 6. The zero-order valence-corrected chi connectivity index (χ0v) is 13.1. The Labute approximate surface area is 127 Å². The number of nitrogens with zero attached hydrogens (tertiary/aromatic N) is 4. The Morgan fingerprint density at radius 1 is 1.57 bits per heavy atom. The molecule has 114 valence electrons. The molecule has 0 atom stereocenters. The highest BCUT2D eigenvalue weighted by Gasteiger charge is 2.17. The summed E-state index contributed by atoms with van der Waals surface area (Å²) in [6, 6.07) is 1.88. The maximum absolute atomic E-state index is 12.1. The Bertz CT molecular complexity index is 580. The minimum atomic E-state index is -0.166. The van der Waals surface area contributed by atoms with Crippen molar-refractivity contribution in [2.45, 2.75) is 19.9 Å². The highest BCUT2D eigenvalue weighted by atomic mass is 32.1. The van der Waals surface area contributed by atoms with E-state index >= 15 is 0 Å². The number of amides is 1. The molecule has 0 aliphatic carbocycles. The number of carbonyl (C=O) groups is 1. The van der Waals surface area contributed by atoms with Crippen LogP contribution in [0.5, 0.6) is 0 Å². The number of anilines is 2. The van der Waals surface area contributed by atoms with E-state index in [1.165, 1.54) is 11.3 Å². The SMILES string of the molecule is CCN(C)c1nc(N)c(C(=O)NCCCn2cccn2)s1. The summed E-state index contributed by atoms with van der Waals surface area (Å²) in [5, 5.41) is 7.73. The van der Waals surface area contributed by atoms with E-state index in [9.17, 15) is 4.79 Å². The summed E-state index contributed by atoms with van der Waals surface area (Å²) in [4.78, 5) is 18.7. The number of rotatable bonds is 7. The lowest BCUT2D eigenvalue weighted by atomic mass is 10.4. The summed E-state index contributed by atoms with van der Waals surface area (Å²) >= 11 is 1.32. The molecular formula is C13H20N6OS. The van der Waals surface area contributed by atoms with Gasteiger partial charge in [0.15, 0.2) is 5.13 Å². The molecule has 0 spiro atoms. The van der Waals surface area contributed by atoms with Crippen molar-refractivity contribution in [1.82, 2.24) is 20.1 Å². The molecule has 8 heteroatoms. The van der Waals surface area contributed by atoms with Gasteiger partial charge in [0, 0.05) is 39.1 Å². The van der Waals surface area contributed by atoms with Crippen LogP contribution in [0.1, 0.15) is 23.0 Å². The number of carbonyl (C=O) groups excluding carboxylic acids is 1. The number of aromatic nitrogens is 3. The van der Waals surface area contributed by atoms with Gasteiger partial charge in [0.2, 0.25) is 0 Å². The van der Waals surface area contributed by atoms with Crippen LogP contribution < -0.4 is 16.0 Å². The molecule has 21 heavy (non-hydrogen) atoms. The predicted molar refractivity (Wildman–Crippen MR) is 84.6 cm³/mol. The molecule has 7 nitrogen and oxygen atoms in total. The second kappa shape index (κ2) is 7.07. The summed E-state index contributed by atoms with van der Waals surface area (Å²) in [5.41, 5.74) is 5.81. The molecule has 0 saturated carbocycles. The number of nitrogens with one attached hydrogen (secondary N) is 1. The van der Waals surface area contributed by atoms with Crippen molar-refractivity contribution in [3.63, 3.8) is 0 Å². The van der Waals surface area contributed by atoms with Crippen LogP contribution >= 0.6 is 11.3 Å². The minimum absolute atomic E-state index is 0.166. The third-order valence-corrected chi connectivity index (χ3v) is 4.24. The van der Waals surface area contributed by atoms with Gasteiger partial charge in [0.05, 0.1) is 0 Å². The second-order valence-electron chi connectivity index (χ2n) is 4.60. The Morgan fingerprint density at radius 2 is 2.38 bits per heavy atom. The first-order valence-electron chi connectivity index (χ1n) is 6.85. The molecule has 0 radical (unpaired) electrons. The molecule has 0 bridgehead atoms. The van der Waals surface area contributed by atoms with Gasteiger partial charge in [-0.3, -0.25) is 9.48 Å². The van der Waals surface area contributed by atoms with Gasteiger partial charge in [-0.05, 0) is 19.4 Å². The van der Waals surface area contributed by atoms with Gasteiger partial charge in [0.25, 0.3) is 5.91 Å². The van der Waals surface area contributed by atoms with Crippen LogP contribution in [0.4, 0.5) is 10.9 Å². The molecule has 0 aromatic carbocycles. The van der Waals surface area contributed by atoms with Crippen LogP contribution in [-0.2, 0) is 6.54 Å². The second-order valence-corrected chi connectivity index (χ2v) is 5.58. The Balaban J connectivity index is 1.84. The van der Waals surface area contributed by atoms with E-state index in [1.54, 1.807) is 6.20 Å². The highest BCUT2D eigenvalue weighted by molar-refractivity contribution is 7.18. The maximum atomic E-state index is 12.1. The fourth-order valence-electron chi connectivity index (χ4n) is 1.74. The molecule has 2 heterocycles. The molecule has 0 aliphatic heterocycles. The molecule has 2 aromatic rings. The standard InChI is InChI=1S/C13H20N6OS/c1-3-18(2)13-17-11(14)10(21-13)12(20)15-6-4-8-19-9-5-7-16-19/h5,7,9H,3-4,6,8,14H2,1-2H3,(H,15,20). The van der Waals surface area contributed by atoms with Crippen LogP contribution in [0.15, 0.2) is 18.5 Å². The first-order valence-corrected chi connectivity index (χ1v) is 7.66. The van der Waals surface area contributed by atoms with Crippen LogP contribution in [0, 0.1) is 0 Å². The van der Waals surface area contributed by atoms with Gasteiger partial charge in [-0.2, -0.15) is 5.10 Å². The zero-order valence-electron chi connectivity index (χ0n) is 12.2. The summed E-state index contributed by atoms with van der Waals surface area (Å²) in [6.45, 7) is 4.19. The summed E-state index contributed by atoms with van der Waals surface area (Å²) < 4.78 is 1.83. The molecule has 3 N–H and O–H groups in total.